The Bertz CT molecular complexity index is 398. The van der Waals surface area contributed by atoms with Gasteiger partial charge in [-0.15, -0.1) is 11.8 Å². The van der Waals surface area contributed by atoms with Crippen LogP contribution in [0.15, 0.2) is 45.2 Å². The van der Waals surface area contributed by atoms with Crippen LogP contribution >= 0.6 is 11.8 Å². The smallest absolute Gasteiger partial charge is 0.218 e. The predicted octanol–water partition coefficient (Wildman–Crippen LogP) is 1.15. The zero-order valence-electron chi connectivity index (χ0n) is 10.2. The number of unbranched alkanes of at least 4 members (excludes halogenated alkanes) is 1. The number of aliphatic imine (C=N–C) groups is 2. The SMILES string of the molecule is NC(N)=NC(N)=NCCCCSc1ccccc1. The molecule has 0 saturated heterocycles. The van der Waals surface area contributed by atoms with Crippen LogP contribution < -0.4 is 17.2 Å². The molecule has 98 valence electrons. The number of guanidine groups is 2. The Hall–Kier alpha value is -1.69. The number of nitrogens with zero attached hydrogens (tertiary/aromatic N) is 2. The maximum Gasteiger partial charge on any atom is 0.218 e. The predicted molar refractivity (Wildman–Crippen MR) is 78.7 cm³/mol. The van der Waals surface area contributed by atoms with E-state index in [1.807, 2.05) is 30.0 Å². The lowest BCUT2D eigenvalue weighted by Crippen LogP contribution is -2.26. The largest absolute Gasteiger partial charge is 0.370 e. The van der Waals surface area contributed by atoms with Gasteiger partial charge in [-0.2, -0.15) is 4.99 Å². The Labute approximate surface area is 112 Å². The minimum atomic E-state index is -0.0594. The maximum atomic E-state index is 5.48. The molecule has 0 heterocycles. The second kappa shape index (κ2) is 8.41. The van der Waals surface area contributed by atoms with Crippen LogP contribution in [0.5, 0.6) is 0 Å². The zero-order chi connectivity index (χ0) is 13.2. The fourth-order valence-electron chi connectivity index (χ4n) is 1.28. The maximum absolute atomic E-state index is 5.48. The van der Waals surface area contributed by atoms with Crippen molar-refractivity contribution in [2.24, 2.45) is 27.2 Å². The van der Waals surface area contributed by atoms with Crippen molar-refractivity contribution in [2.45, 2.75) is 17.7 Å². The summed E-state index contributed by atoms with van der Waals surface area (Å²) < 4.78 is 0. The Kier molecular flexibility index (Phi) is 6.71. The van der Waals surface area contributed by atoms with E-state index in [1.54, 1.807) is 0 Å². The fourth-order valence-corrected chi connectivity index (χ4v) is 2.22. The summed E-state index contributed by atoms with van der Waals surface area (Å²) in [4.78, 5) is 8.98. The van der Waals surface area contributed by atoms with Gasteiger partial charge in [0.15, 0.2) is 5.96 Å². The van der Waals surface area contributed by atoms with Gasteiger partial charge in [0, 0.05) is 11.4 Å². The van der Waals surface area contributed by atoms with Crippen LogP contribution in [-0.4, -0.2) is 24.2 Å². The van der Waals surface area contributed by atoms with Crippen molar-refractivity contribution in [2.75, 3.05) is 12.3 Å². The van der Waals surface area contributed by atoms with Crippen LogP contribution in [0.25, 0.3) is 0 Å². The monoisotopic (exact) mass is 265 g/mol. The summed E-state index contributed by atoms with van der Waals surface area (Å²) >= 11 is 1.84. The second-order valence-electron chi connectivity index (χ2n) is 3.65. The molecule has 0 aromatic heterocycles. The minimum absolute atomic E-state index is 0.0594. The van der Waals surface area contributed by atoms with Gasteiger partial charge in [-0.1, -0.05) is 18.2 Å². The van der Waals surface area contributed by atoms with E-state index in [1.165, 1.54) is 4.90 Å². The van der Waals surface area contributed by atoms with Crippen molar-refractivity contribution in [1.82, 2.24) is 0 Å². The summed E-state index contributed by atoms with van der Waals surface area (Å²) in [5.41, 5.74) is 15.8. The van der Waals surface area contributed by atoms with E-state index < -0.39 is 0 Å². The van der Waals surface area contributed by atoms with Crippen molar-refractivity contribution in [3.63, 3.8) is 0 Å². The van der Waals surface area contributed by atoms with Crippen LogP contribution in [0.2, 0.25) is 0 Å². The average Bonchev–Trinajstić information content (AvgIpc) is 2.34. The molecule has 0 spiro atoms. The van der Waals surface area contributed by atoms with Gasteiger partial charge in [0.25, 0.3) is 0 Å². The lowest BCUT2D eigenvalue weighted by molar-refractivity contribution is 0.813. The van der Waals surface area contributed by atoms with E-state index in [9.17, 15) is 0 Å². The Morgan fingerprint density at radius 3 is 2.44 bits per heavy atom. The normalized spacial score (nSPS) is 11.2. The van der Waals surface area contributed by atoms with Gasteiger partial charge in [-0.3, -0.25) is 4.99 Å². The van der Waals surface area contributed by atoms with Gasteiger partial charge in [-0.05, 0) is 30.7 Å². The van der Waals surface area contributed by atoms with Gasteiger partial charge >= 0.3 is 0 Å². The summed E-state index contributed by atoms with van der Waals surface area (Å²) in [6.45, 7) is 0.651. The topological polar surface area (TPSA) is 103 Å². The zero-order valence-corrected chi connectivity index (χ0v) is 11.1. The molecular formula is C12H19N5S. The van der Waals surface area contributed by atoms with E-state index in [2.05, 4.69) is 22.1 Å². The quantitative estimate of drug-likeness (QED) is 0.310. The first-order chi connectivity index (χ1) is 8.68. The van der Waals surface area contributed by atoms with Crippen LogP contribution in [0, 0.1) is 0 Å². The van der Waals surface area contributed by atoms with E-state index in [0.717, 1.165) is 18.6 Å². The number of benzene rings is 1. The Morgan fingerprint density at radius 2 is 1.78 bits per heavy atom. The molecule has 0 aliphatic carbocycles. The number of hydrogen-bond donors (Lipinski definition) is 3. The fraction of sp³-hybridized carbons (Fsp3) is 0.333. The summed E-state index contributed by atoms with van der Waals surface area (Å²) in [5, 5.41) is 0. The highest BCUT2D eigenvalue weighted by Crippen LogP contribution is 2.18. The first kappa shape index (κ1) is 14.4. The van der Waals surface area contributed by atoms with Gasteiger partial charge in [0.05, 0.1) is 0 Å². The van der Waals surface area contributed by atoms with Gasteiger partial charge in [0.1, 0.15) is 0 Å². The van der Waals surface area contributed by atoms with E-state index in [-0.39, 0.29) is 11.9 Å². The van der Waals surface area contributed by atoms with E-state index in [4.69, 9.17) is 17.2 Å². The Balaban J connectivity index is 2.11. The molecule has 0 saturated carbocycles. The molecule has 0 bridgehead atoms. The van der Waals surface area contributed by atoms with Crippen LogP contribution in [0.1, 0.15) is 12.8 Å². The van der Waals surface area contributed by atoms with E-state index in [0.29, 0.717) is 6.54 Å². The standard InChI is InChI=1S/C12H19N5S/c13-11(14)17-12(15)16-8-4-5-9-18-10-6-2-1-3-7-10/h1-3,6-7H,4-5,8-9H2,(H6,13,14,15,16,17). The molecule has 0 fully saturated rings. The molecule has 0 radical (unpaired) electrons. The molecule has 0 amide bonds. The van der Waals surface area contributed by atoms with Crippen molar-refractivity contribution in [3.8, 4) is 0 Å². The highest BCUT2D eigenvalue weighted by molar-refractivity contribution is 7.99. The molecule has 6 heteroatoms. The van der Waals surface area contributed by atoms with Crippen molar-refractivity contribution in [1.29, 1.82) is 0 Å². The van der Waals surface area contributed by atoms with Gasteiger partial charge < -0.3 is 17.2 Å². The number of thioether (sulfide) groups is 1. The molecule has 1 aromatic rings. The molecular weight excluding hydrogens is 246 g/mol. The summed E-state index contributed by atoms with van der Waals surface area (Å²) in [6, 6.07) is 10.3. The van der Waals surface area contributed by atoms with E-state index >= 15 is 0 Å². The second-order valence-corrected chi connectivity index (χ2v) is 4.81. The van der Waals surface area contributed by atoms with Crippen molar-refractivity contribution < 1.29 is 0 Å². The minimum Gasteiger partial charge on any atom is -0.370 e. The molecule has 1 rings (SSSR count). The molecule has 5 nitrogen and oxygen atoms in total. The molecule has 0 aliphatic heterocycles. The highest BCUT2D eigenvalue weighted by atomic mass is 32.2. The van der Waals surface area contributed by atoms with Crippen molar-refractivity contribution in [3.05, 3.63) is 30.3 Å². The average molecular weight is 265 g/mol. The third-order valence-corrected chi connectivity index (χ3v) is 3.18. The molecule has 1 aromatic carbocycles. The first-order valence-electron chi connectivity index (χ1n) is 5.76. The van der Waals surface area contributed by atoms with Crippen LogP contribution in [0.4, 0.5) is 0 Å². The number of rotatable bonds is 6. The lowest BCUT2D eigenvalue weighted by Gasteiger charge is -2.00. The van der Waals surface area contributed by atoms with Crippen LogP contribution in [0.3, 0.4) is 0 Å². The van der Waals surface area contributed by atoms with Gasteiger partial charge in [-0.25, -0.2) is 0 Å². The molecule has 0 unspecified atom stereocenters. The molecule has 0 aliphatic rings. The summed E-state index contributed by atoms with van der Waals surface area (Å²) in [7, 11) is 0. The third-order valence-electron chi connectivity index (χ3n) is 2.08. The first-order valence-corrected chi connectivity index (χ1v) is 6.74. The molecule has 6 N–H and O–H groups in total. The Morgan fingerprint density at radius 1 is 1.06 bits per heavy atom. The van der Waals surface area contributed by atoms with Crippen molar-refractivity contribution >= 4 is 23.7 Å². The number of hydrogen-bond acceptors (Lipinski definition) is 2. The highest BCUT2D eigenvalue weighted by Gasteiger charge is 1.93. The lowest BCUT2D eigenvalue weighted by atomic mass is 10.3. The third kappa shape index (κ3) is 6.80. The summed E-state index contributed by atoms with van der Waals surface area (Å²) in [5.74, 6) is 1.16. The van der Waals surface area contributed by atoms with Gasteiger partial charge in [0.2, 0.25) is 5.96 Å². The molecule has 0 atom stereocenters. The molecule has 18 heavy (non-hydrogen) atoms. The summed E-state index contributed by atoms with van der Waals surface area (Å²) in [6.07, 6.45) is 2.05. The van der Waals surface area contributed by atoms with Crippen LogP contribution in [-0.2, 0) is 0 Å². The number of nitrogens with two attached hydrogens (primary N) is 3.